The number of nitrogens with zero attached hydrogens (tertiary/aromatic N) is 5. The van der Waals surface area contributed by atoms with Gasteiger partial charge in [0.15, 0.2) is 10.6 Å². The molecule has 0 aliphatic heterocycles. The van der Waals surface area contributed by atoms with Crippen molar-refractivity contribution in [1.29, 1.82) is 0 Å². The van der Waals surface area contributed by atoms with Crippen molar-refractivity contribution in [2.24, 2.45) is 0 Å². The molecule has 0 fully saturated rings. The van der Waals surface area contributed by atoms with Crippen molar-refractivity contribution in [2.45, 2.75) is 19.8 Å². The van der Waals surface area contributed by atoms with Crippen LogP contribution in [0.5, 0.6) is 5.75 Å². The Hall–Kier alpha value is -2.48. The van der Waals surface area contributed by atoms with Crippen molar-refractivity contribution in [1.82, 2.24) is 24.2 Å². The third-order valence-corrected chi connectivity index (χ3v) is 4.88. The standard InChI is InChI=1S/C20H22ClN5OS/c1-4-10-25-19(15-6-5-9-22-12-15)23-26(20(25)28)14-24(2)13-16-11-17(21)7-8-18(16)27-3/h4-9,11-12H,1,10,13-14H2,2-3H3. The van der Waals surface area contributed by atoms with Crippen molar-refractivity contribution in [3.05, 3.63) is 70.7 Å². The van der Waals surface area contributed by atoms with Crippen LogP contribution in [-0.4, -0.2) is 38.4 Å². The number of pyridine rings is 1. The summed E-state index contributed by atoms with van der Waals surface area (Å²) in [7, 11) is 3.65. The molecule has 0 radical (unpaired) electrons. The van der Waals surface area contributed by atoms with Crippen molar-refractivity contribution < 1.29 is 4.74 Å². The molecular formula is C20H22ClN5OS. The Morgan fingerprint density at radius 2 is 2.18 bits per heavy atom. The molecule has 146 valence electrons. The van der Waals surface area contributed by atoms with E-state index in [0.717, 1.165) is 22.7 Å². The minimum atomic E-state index is 0.520. The normalized spacial score (nSPS) is 11.0. The number of halogens is 1. The fourth-order valence-electron chi connectivity index (χ4n) is 2.98. The van der Waals surface area contributed by atoms with Crippen LogP contribution in [0.4, 0.5) is 0 Å². The molecule has 6 nitrogen and oxygen atoms in total. The third kappa shape index (κ3) is 4.49. The zero-order valence-corrected chi connectivity index (χ0v) is 17.5. The summed E-state index contributed by atoms with van der Waals surface area (Å²) in [5.41, 5.74) is 1.91. The average Bonchev–Trinajstić information content (AvgIpc) is 2.99. The number of ether oxygens (including phenoxy) is 1. The fourth-order valence-corrected chi connectivity index (χ4v) is 3.43. The SMILES string of the molecule is C=CCn1c(-c2cccnc2)nn(CN(C)Cc2cc(Cl)ccc2OC)c1=S. The van der Waals surface area contributed by atoms with E-state index in [4.69, 9.17) is 33.7 Å². The first kappa shape index (κ1) is 20.3. The summed E-state index contributed by atoms with van der Waals surface area (Å²) >= 11 is 11.8. The van der Waals surface area contributed by atoms with Gasteiger partial charge in [0.05, 0.1) is 13.8 Å². The van der Waals surface area contributed by atoms with Gasteiger partial charge in [0.1, 0.15) is 5.75 Å². The van der Waals surface area contributed by atoms with Crippen LogP contribution in [0.15, 0.2) is 55.4 Å². The number of benzene rings is 1. The Bertz CT molecular complexity index is 1020. The lowest BCUT2D eigenvalue weighted by atomic mass is 10.2. The van der Waals surface area contributed by atoms with Crippen LogP contribution in [0.1, 0.15) is 5.56 Å². The molecule has 0 saturated heterocycles. The lowest BCUT2D eigenvalue weighted by Gasteiger charge is -2.18. The summed E-state index contributed by atoms with van der Waals surface area (Å²) in [5.74, 6) is 1.57. The van der Waals surface area contributed by atoms with Gasteiger partial charge >= 0.3 is 0 Å². The third-order valence-electron chi connectivity index (χ3n) is 4.21. The highest BCUT2D eigenvalue weighted by molar-refractivity contribution is 7.71. The van der Waals surface area contributed by atoms with E-state index in [-0.39, 0.29) is 0 Å². The first-order valence-electron chi connectivity index (χ1n) is 8.73. The predicted molar refractivity (Wildman–Crippen MR) is 114 cm³/mol. The van der Waals surface area contributed by atoms with E-state index in [1.54, 1.807) is 24.2 Å². The first-order valence-corrected chi connectivity index (χ1v) is 9.52. The van der Waals surface area contributed by atoms with Gasteiger partial charge in [-0.3, -0.25) is 14.5 Å². The fraction of sp³-hybridized carbons (Fsp3) is 0.250. The van der Waals surface area contributed by atoms with Crippen LogP contribution in [-0.2, 0) is 19.8 Å². The smallest absolute Gasteiger partial charge is 0.199 e. The van der Waals surface area contributed by atoms with Gasteiger partial charge in [-0.25, -0.2) is 4.68 Å². The van der Waals surface area contributed by atoms with Crippen LogP contribution in [0.2, 0.25) is 5.02 Å². The molecule has 3 rings (SSSR count). The molecule has 0 N–H and O–H groups in total. The molecule has 0 amide bonds. The molecule has 1 aromatic carbocycles. The number of allylic oxidation sites excluding steroid dienone is 1. The Kier molecular flexibility index (Phi) is 6.61. The minimum Gasteiger partial charge on any atom is -0.496 e. The van der Waals surface area contributed by atoms with Crippen LogP contribution in [0.3, 0.4) is 0 Å². The molecule has 0 saturated carbocycles. The largest absolute Gasteiger partial charge is 0.496 e. The van der Waals surface area contributed by atoms with Gasteiger partial charge < -0.3 is 4.74 Å². The van der Waals surface area contributed by atoms with Gasteiger partial charge in [0.25, 0.3) is 0 Å². The van der Waals surface area contributed by atoms with Crippen molar-refractivity contribution in [2.75, 3.05) is 14.2 Å². The van der Waals surface area contributed by atoms with Gasteiger partial charge in [0.2, 0.25) is 0 Å². The molecule has 0 unspecified atom stereocenters. The number of rotatable bonds is 8. The zero-order valence-electron chi connectivity index (χ0n) is 15.9. The summed E-state index contributed by atoms with van der Waals surface area (Å²) < 4.78 is 9.82. The molecule has 0 atom stereocenters. The quantitative estimate of drug-likeness (QED) is 0.402. The molecule has 0 aliphatic carbocycles. The molecular weight excluding hydrogens is 394 g/mol. The second-order valence-electron chi connectivity index (χ2n) is 6.36. The number of hydrogen-bond acceptors (Lipinski definition) is 5. The van der Waals surface area contributed by atoms with E-state index in [0.29, 0.717) is 29.6 Å². The Labute approximate surface area is 174 Å². The van der Waals surface area contributed by atoms with Gasteiger partial charge in [-0.1, -0.05) is 17.7 Å². The van der Waals surface area contributed by atoms with Crippen molar-refractivity contribution in [3.8, 4) is 17.1 Å². The van der Waals surface area contributed by atoms with Crippen LogP contribution < -0.4 is 4.74 Å². The summed E-state index contributed by atoms with van der Waals surface area (Å²) in [6.45, 7) is 5.57. The van der Waals surface area contributed by atoms with Crippen LogP contribution >= 0.6 is 23.8 Å². The highest BCUT2D eigenvalue weighted by atomic mass is 35.5. The van der Waals surface area contributed by atoms with E-state index in [1.807, 2.05) is 48.0 Å². The first-order chi connectivity index (χ1) is 13.5. The highest BCUT2D eigenvalue weighted by Gasteiger charge is 2.14. The Balaban J connectivity index is 1.87. The minimum absolute atomic E-state index is 0.520. The van der Waals surface area contributed by atoms with E-state index >= 15 is 0 Å². The van der Waals surface area contributed by atoms with E-state index < -0.39 is 0 Å². The average molecular weight is 416 g/mol. The zero-order chi connectivity index (χ0) is 20.1. The molecule has 28 heavy (non-hydrogen) atoms. The summed E-state index contributed by atoms with van der Waals surface area (Å²) in [4.78, 5) is 6.29. The highest BCUT2D eigenvalue weighted by Crippen LogP contribution is 2.24. The lowest BCUT2D eigenvalue weighted by molar-refractivity contribution is 0.240. The Morgan fingerprint density at radius 1 is 1.36 bits per heavy atom. The van der Waals surface area contributed by atoms with Gasteiger partial charge in [0, 0.05) is 41.6 Å². The van der Waals surface area contributed by atoms with Crippen molar-refractivity contribution >= 4 is 23.8 Å². The predicted octanol–water partition coefficient (Wildman–Crippen LogP) is 4.41. The van der Waals surface area contributed by atoms with E-state index in [2.05, 4.69) is 16.5 Å². The molecule has 0 bridgehead atoms. The van der Waals surface area contributed by atoms with Crippen molar-refractivity contribution in [3.63, 3.8) is 0 Å². The second-order valence-corrected chi connectivity index (χ2v) is 7.16. The molecule has 0 aliphatic rings. The maximum Gasteiger partial charge on any atom is 0.199 e. The van der Waals surface area contributed by atoms with E-state index in [9.17, 15) is 0 Å². The van der Waals surface area contributed by atoms with Gasteiger partial charge in [-0.15, -0.1) is 6.58 Å². The lowest BCUT2D eigenvalue weighted by Crippen LogP contribution is -2.23. The summed E-state index contributed by atoms with van der Waals surface area (Å²) in [6, 6.07) is 9.45. The van der Waals surface area contributed by atoms with E-state index in [1.165, 1.54) is 0 Å². The number of methoxy groups -OCH3 is 1. The molecule has 2 aromatic heterocycles. The maximum absolute atomic E-state index is 6.14. The summed E-state index contributed by atoms with van der Waals surface area (Å²) in [6.07, 6.45) is 5.32. The number of hydrogen-bond donors (Lipinski definition) is 0. The monoisotopic (exact) mass is 415 g/mol. The molecule has 0 spiro atoms. The van der Waals surface area contributed by atoms with Crippen LogP contribution in [0.25, 0.3) is 11.4 Å². The molecule has 8 heteroatoms. The molecule has 3 aromatic rings. The Morgan fingerprint density at radius 3 is 2.86 bits per heavy atom. The van der Waals surface area contributed by atoms with Gasteiger partial charge in [-0.05, 0) is 49.6 Å². The van der Waals surface area contributed by atoms with Crippen LogP contribution in [0, 0.1) is 4.77 Å². The second kappa shape index (κ2) is 9.14. The molecule has 2 heterocycles. The summed E-state index contributed by atoms with van der Waals surface area (Å²) in [5, 5.41) is 5.40. The maximum atomic E-state index is 6.14. The number of aromatic nitrogens is 4. The van der Waals surface area contributed by atoms with Gasteiger partial charge in [-0.2, -0.15) is 5.10 Å². The topological polar surface area (TPSA) is 48.1 Å².